The lowest BCUT2D eigenvalue weighted by molar-refractivity contribution is -0.131. The number of hydrogen-bond donors (Lipinski definition) is 3. The zero-order valence-electron chi connectivity index (χ0n) is 11.0. The second-order valence-corrected chi connectivity index (χ2v) is 4.19. The number of carbonyl (C=O) groups excluding carboxylic acids is 1. The maximum Gasteiger partial charge on any atom is 0.328 e. The molecule has 6 heteroatoms. The summed E-state index contributed by atoms with van der Waals surface area (Å²) in [4.78, 5) is 26.5. The van der Waals surface area contributed by atoms with Crippen LogP contribution in [0, 0.1) is 0 Å². The first-order valence-electron chi connectivity index (χ1n) is 6.09. The number of aliphatic carboxylic acids is 1. The van der Waals surface area contributed by atoms with Crippen LogP contribution in [-0.2, 0) is 4.79 Å². The topological polar surface area (TPSA) is 105 Å². The zero-order valence-corrected chi connectivity index (χ0v) is 11.0. The number of carbonyl (C=O) groups is 2. The molecule has 0 bridgehead atoms. The monoisotopic (exact) mass is 283 g/mol. The number of pyridine rings is 1. The molecule has 21 heavy (non-hydrogen) atoms. The predicted molar refractivity (Wildman–Crippen MR) is 79.7 cm³/mol. The van der Waals surface area contributed by atoms with E-state index in [-0.39, 0.29) is 11.4 Å². The van der Waals surface area contributed by atoms with Crippen molar-refractivity contribution in [2.75, 3.05) is 11.1 Å². The standard InChI is InChI=1S/C15H13N3O3/c16-12-5-2-8-17-14(12)15(21)18-11-4-1-3-10(9-11)6-7-13(19)20/h1-9H,16H2,(H,18,21)(H,19,20)/b7-6+. The predicted octanol–water partition coefficient (Wildman–Crippen LogP) is 2.01. The van der Waals surface area contributed by atoms with Gasteiger partial charge in [0.1, 0.15) is 0 Å². The summed E-state index contributed by atoms with van der Waals surface area (Å²) in [5, 5.41) is 11.3. The number of rotatable bonds is 4. The molecule has 106 valence electrons. The van der Waals surface area contributed by atoms with Crippen molar-refractivity contribution in [3.63, 3.8) is 0 Å². The Balaban J connectivity index is 2.17. The largest absolute Gasteiger partial charge is 0.478 e. The van der Waals surface area contributed by atoms with Crippen LogP contribution in [0.5, 0.6) is 0 Å². The summed E-state index contributed by atoms with van der Waals surface area (Å²) in [7, 11) is 0. The number of carboxylic acids is 1. The van der Waals surface area contributed by atoms with E-state index in [1.807, 2.05) is 0 Å². The van der Waals surface area contributed by atoms with E-state index >= 15 is 0 Å². The van der Waals surface area contributed by atoms with Crippen molar-refractivity contribution in [1.82, 2.24) is 4.98 Å². The van der Waals surface area contributed by atoms with Crippen molar-refractivity contribution < 1.29 is 14.7 Å². The summed E-state index contributed by atoms with van der Waals surface area (Å²) >= 11 is 0. The second kappa shape index (κ2) is 6.33. The van der Waals surface area contributed by atoms with E-state index < -0.39 is 11.9 Å². The maximum atomic E-state index is 12.0. The van der Waals surface area contributed by atoms with Crippen LogP contribution in [-0.4, -0.2) is 22.0 Å². The molecule has 0 aliphatic rings. The summed E-state index contributed by atoms with van der Waals surface area (Å²) in [6.07, 6.45) is 3.95. The van der Waals surface area contributed by atoms with Gasteiger partial charge in [0.05, 0.1) is 5.69 Å². The molecule has 1 aromatic carbocycles. The second-order valence-electron chi connectivity index (χ2n) is 4.19. The molecule has 1 heterocycles. The average molecular weight is 283 g/mol. The number of nitrogen functional groups attached to an aromatic ring is 1. The van der Waals surface area contributed by atoms with Gasteiger partial charge in [-0.2, -0.15) is 0 Å². The summed E-state index contributed by atoms with van der Waals surface area (Å²) < 4.78 is 0. The molecular weight excluding hydrogens is 270 g/mol. The first kappa shape index (κ1) is 14.3. The molecule has 2 rings (SSSR count). The molecule has 0 spiro atoms. The van der Waals surface area contributed by atoms with Crippen molar-refractivity contribution in [2.24, 2.45) is 0 Å². The van der Waals surface area contributed by atoms with Gasteiger partial charge in [0, 0.05) is 18.0 Å². The lowest BCUT2D eigenvalue weighted by atomic mass is 10.2. The normalized spacial score (nSPS) is 10.5. The first-order chi connectivity index (χ1) is 10.1. The molecule has 4 N–H and O–H groups in total. The number of aromatic nitrogens is 1. The first-order valence-corrected chi connectivity index (χ1v) is 6.09. The van der Waals surface area contributed by atoms with Gasteiger partial charge in [-0.25, -0.2) is 9.78 Å². The van der Waals surface area contributed by atoms with Crippen LogP contribution in [0.15, 0.2) is 48.7 Å². The number of nitrogens with zero attached hydrogens (tertiary/aromatic N) is 1. The highest BCUT2D eigenvalue weighted by molar-refractivity contribution is 6.06. The molecule has 0 saturated heterocycles. The summed E-state index contributed by atoms with van der Waals surface area (Å²) in [6, 6.07) is 10.0. The van der Waals surface area contributed by atoms with Crippen LogP contribution in [0.1, 0.15) is 16.1 Å². The lowest BCUT2D eigenvalue weighted by Crippen LogP contribution is -2.15. The van der Waals surface area contributed by atoms with E-state index in [2.05, 4.69) is 10.3 Å². The quantitative estimate of drug-likeness (QED) is 0.744. The molecule has 0 aliphatic heterocycles. The molecule has 0 aliphatic carbocycles. The molecule has 6 nitrogen and oxygen atoms in total. The molecule has 0 fully saturated rings. The van der Waals surface area contributed by atoms with Crippen LogP contribution < -0.4 is 11.1 Å². The van der Waals surface area contributed by atoms with E-state index in [0.29, 0.717) is 11.3 Å². The fraction of sp³-hybridized carbons (Fsp3) is 0. The number of nitrogens with two attached hydrogens (primary N) is 1. The molecule has 1 amide bonds. The highest BCUT2D eigenvalue weighted by Crippen LogP contribution is 2.15. The Hall–Kier alpha value is -3.15. The molecule has 0 unspecified atom stereocenters. The van der Waals surface area contributed by atoms with Crippen molar-refractivity contribution in [3.8, 4) is 0 Å². The number of anilines is 2. The van der Waals surface area contributed by atoms with Gasteiger partial charge in [-0.15, -0.1) is 0 Å². The molecule has 0 atom stereocenters. The minimum Gasteiger partial charge on any atom is -0.478 e. The fourth-order valence-electron chi connectivity index (χ4n) is 1.69. The Labute approximate surface area is 120 Å². The van der Waals surface area contributed by atoms with Crippen molar-refractivity contribution in [3.05, 3.63) is 59.9 Å². The summed E-state index contributed by atoms with van der Waals surface area (Å²) in [5.74, 6) is -1.46. The molecule has 0 radical (unpaired) electrons. The van der Waals surface area contributed by atoms with Gasteiger partial charge in [0.2, 0.25) is 0 Å². The minimum absolute atomic E-state index is 0.143. The van der Waals surface area contributed by atoms with E-state index in [9.17, 15) is 9.59 Å². The van der Waals surface area contributed by atoms with Gasteiger partial charge in [-0.3, -0.25) is 4.79 Å². The van der Waals surface area contributed by atoms with Crippen LogP contribution >= 0.6 is 0 Å². The maximum absolute atomic E-state index is 12.0. The number of amides is 1. The van der Waals surface area contributed by atoms with Crippen molar-refractivity contribution in [1.29, 1.82) is 0 Å². The highest BCUT2D eigenvalue weighted by atomic mass is 16.4. The van der Waals surface area contributed by atoms with Gasteiger partial charge in [0.15, 0.2) is 5.69 Å². The van der Waals surface area contributed by atoms with E-state index in [4.69, 9.17) is 10.8 Å². The van der Waals surface area contributed by atoms with E-state index in [0.717, 1.165) is 6.08 Å². The third-order valence-electron chi connectivity index (χ3n) is 2.62. The number of benzene rings is 1. The van der Waals surface area contributed by atoms with Crippen LogP contribution in [0.3, 0.4) is 0 Å². The van der Waals surface area contributed by atoms with Gasteiger partial charge in [0.25, 0.3) is 5.91 Å². The van der Waals surface area contributed by atoms with Crippen molar-refractivity contribution >= 4 is 29.3 Å². The van der Waals surface area contributed by atoms with Gasteiger partial charge >= 0.3 is 5.97 Å². The summed E-state index contributed by atoms with van der Waals surface area (Å²) in [6.45, 7) is 0. The average Bonchev–Trinajstić information content (AvgIpc) is 2.46. The lowest BCUT2D eigenvalue weighted by Gasteiger charge is -2.07. The van der Waals surface area contributed by atoms with Crippen LogP contribution in [0.2, 0.25) is 0 Å². The third kappa shape index (κ3) is 3.90. The summed E-state index contributed by atoms with van der Waals surface area (Å²) in [5.41, 5.74) is 7.30. The zero-order chi connectivity index (χ0) is 15.2. The van der Waals surface area contributed by atoms with Crippen LogP contribution in [0.4, 0.5) is 11.4 Å². The third-order valence-corrected chi connectivity index (χ3v) is 2.62. The molecule has 2 aromatic rings. The van der Waals surface area contributed by atoms with E-state index in [1.54, 1.807) is 36.4 Å². The van der Waals surface area contributed by atoms with E-state index in [1.165, 1.54) is 12.3 Å². The highest BCUT2D eigenvalue weighted by Gasteiger charge is 2.10. The molecule has 1 aromatic heterocycles. The Morgan fingerprint density at radius 1 is 1.24 bits per heavy atom. The Morgan fingerprint density at radius 2 is 2.05 bits per heavy atom. The van der Waals surface area contributed by atoms with Crippen LogP contribution in [0.25, 0.3) is 6.08 Å². The Bertz CT molecular complexity index is 711. The number of nitrogens with one attached hydrogen (secondary N) is 1. The fourth-order valence-corrected chi connectivity index (χ4v) is 1.69. The van der Waals surface area contributed by atoms with Gasteiger partial charge < -0.3 is 16.2 Å². The van der Waals surface area contributed by atoms with Crippen molar-refractivity contribution in [2.45, 2.75) is 0 Å². The Kier molecular flexibility index (Phi) is 4.30. The van der Waals surface area contributed by atoms with Gasteiger partial charge in [-0.05, 0) is 35.9 Å². The smallest absolute Gasteiger partial charge is 0.328 e. The molecule has 0 saturated carbocycles. The molecular formula is C15H13N3O3. The van der Waals surface area contributed by atoms with Gasteiger partial charge in [-0.1, -0.05) is 12.1 Å². The Morgan fingerprint density at radius 3 is 2.76 bits per heavy atom. The number of hydrogen-bond acceptors (Lipinski definition) is 4. The minimum atomic E-state index is -1.04. The number of carboxylic acid groups (broad SMARTS) is 1. The SMILES string of the molecule is Nc1cccnc1C(=O)Nc1cccc(/C=C/C(=O)O)c1.